The molecule has 1 aromatic carbocycles. The van der Waals surface area contributed by atoms with Gasteiger partial charge in [-0.15, -0.1) is 11.6 Å². The molecule has 0 fully saturated rings. The Labute approximate surface area is 115 Å². The molecule has 0 saturated heterocycles. The zero-order valence-electron chi connectivity index (χ0n) is 9.14. The van der Waals surface area contributed by atoms with Crippen molar-refractivity contribution < 1.29 is 13.2 Å². The van der Waals surface area contributed by atoms with Crippen molar-refractivity contribution in [3.63, 3.8) is 0 Å². The molecule has 1 aliphatic rings. The van der Waals surface area contributed by atoms with E-state index >= 15 is 0 Å². The molecule has 0 aliphatic carbocycles. The van der Waals surface area contributed by atoms with Crippen molar-refractivity contribution in [2.24, 2.45) is 0 Å². The van der Waals surface area contributed by atoms with Gasteiger partial charge in [0.05, 0.1) is 12.1 Å². The third-order valence-electron chi connectivity index (χ3n) is 2.51. The van der Waals surface area contributed by atoms with Crippen LogP contribution in [0, 0.1) is 0 Å². The van der Waals surface area contributed by atoms with Crippen LogP contribution in [0.15, 0.2) is 40.3 Å². The van der Waals surface area contributed by atoms with E-state index in [2.05, 4.69) is 0 Å². The fourth-order valence-corrected chi connectivity index (χ4v) is 3.75. The molecule has 0 atom stereocenters. The van der Waals surface area contributed by atoms with Crippen LogP contribution in [-0.4, -0.2) is 31.1 Å². The molecule has 0 unspecified atom stereocenters. The number of rotatable bonds is 3. The van der Waals surface area contributed by atoms with Crippen molar-refractivity contribution in [2.45, 2.75) is 4.90 Å². The summed E-state index contributed by atoms with van der Waals surface area (Å²) in [6, 6.07) is 6.07. The molecule has 4 nitrogen and oxygen atoms in total. The van der Waals surface area contributed by atoms with Crippen LogP contribution in [0.25, 0.3) is 0 Å². The first-order valence-corrected chi connectivity index (χ1v) is 7.40. The Kier molecular flexibility index (Phi) is 3.66. The lowest BCUT2D eigenvalue weighted by atomic mass is 10.2. The van der Waals surface area contributed by atoms with Gasteiger partial charge in [-0.3, -0.25) is 4.79 Å². The standard InChI is InChI=1S/C11H9Cl2NO3S/c12-6-5-8(13)7-14-11(15)9-3-1-2-4-10(9)18(14,16)17/h1-5H,6-7H2. The number of halogens is 2. The van der Waals surface area contributed by atoms with Gasteiger partial charge >= 0.3 is 0 Å². The van der Waals surface area contributed by atoms with Crippen molar-refractivity contribution in [2.75, 3.05) is 12.4 Å². The van der Waals surface area contributed by atoms with Gasteiger partial charge in [-0.2, -0.15) is 0 Å². The Morgan fingerprint density at radius 2 is 2.00 bits per heavy atom. The second kappa shape index (κ2) is 4.91. The monoisotopic (exact) mass is 305 g/mol. The molecule has 1 aromatic rings. The SMILES string of the molecule is O=C1c2ccccc2S(=O)(=O)N1CC(Cl)=CCCl. The lowest BCUT2D eigenvalue weighted by Gasteiger charge is -2.14. The van der Waals surface area contributed by atoms with Crippen molar-refractivity contribution in [3.05, 3.63) is 40.9 Å². The van der Waals surface area contributed by atoms with Gasteiger partial charge in [-0.05, 0) is 12.1 Å². The fourth-order valence-electron chi connectivity index (χ4n) is 1.67. The largest absolute Gasteiger partial charge is 0.269 e. The number of hydrogen-bond donors (Lipinski definition) is 0. The van der Waals surface area contributed by atoms with Crippen molar-refractivity contribution in [3.8, 4) is 0 Å². The molecule has 0 spiro atoms. The molecule has 96 valence electrons. The van der Waals surface area contributed by atoms with E-state index in [1.165, 1.54) is 18.2 Å². The van der Waals surface area contributed by atoms with Crippen LogP contribution in [0.2, 0.25) is 0 Å². The minimum Gasteiger partial charge on any atom is -0.268 e. The third-order valence-corrected chi connectivity index (χ3v) is 4.72. The molecule has 1 amide bonds. The number of amides is 1. The van der Waals surface area contributed by atoms with E-state index in [4.69, 9.17) is 23.2 Å². The lowest BCUT2D eigenvalue weighted by Crippen LogP contribution is -2.31. The fraction of sp³-hybridized carbons (Fsp3) is 0.182. The zero-order valence-corrected chi connectivity index (χ0v) is 11.5. The van der Waals surface area contributed by atoms with Gasteiger partial charge < -0.3 is 0 Å². The molecule has 0 saturated carbocycles. The third kappa shape index (κ3) is 2.13. The molecule has 0 N–H and O–H groups in total. The Hall–Kier alpha value is -1.04. The van der Waals surface area contributed by atoms with E-state index in [-0.39, 0.29) is 27.9 Å². The summed E-state index contributed by atoms with van der Waals surface area (Å²) < 4.78 is 25.0. The topological polar surface area (TPSA) is 54.5 Å². The first kappa shape index (κ1) is 13.4. The summed E-state index contributed by atoms with van der Waals surface area (Å²) in [6.07, 6.45) is 1.45. The highest BCUT2D eigenvalue weighted by Gasteiger charge is 2.40. The number of allylic oxidation sites excluding steroid dienone is 1. The molecular formula is C11H9Cl2NO3S. The van der Waals surface area contributed by atoms with Crippen LogP contribution >= 0.6 is 23.2 Å². The molecule has 2 rings (SSSR count). The normalized spacial score (nSPS) is 18.0. The minimum absolute atomic E-state index is 0.0188. The average Bonchev–Trinajstić information content (AvgIpc) is 2.52. The summed E-state index contributed by atoms with van der Waals surface area (Å²) in [5.74, 6) is -0.403. The predicted molar refractivity (Wildman–Crippen MR) is 69.3 cm³/mol. The number of carbonyl (C=O) groups is 1. The number of hydrogen-bond acceptors (Lipinski definition) is 3. The second-order valence-electron chi connectivity index (χ2n) is 3.62. The van der Waals surface area contributed by atoms with Gasteiger partial charge in [0.2, 0.25) is 0 Å². The molecular weight excluding hydrogens is 297 g/mol. The first-order chi connectivity index (χ1) is 8.48. The van der Waals surface area contributed by atoms with Crippen molar-refractivity contribution in [1.82, 2.24) is 4.31 Å². The summed E-state index contributed by atoms with van der Waals surface area (Å²) in [5, 5.41) is 0.217. The molecule has 1 aliphatic heterocycles. The van der Waals surface area contributed by atoms with E-state index in [1.54, 1.807) is 12.1 Å². The Bertz CT molecular complexity index is 625. The molecule has 0 bridgehead atoms. The maximum atomic E-state index is 12.1. The van der Waals surface area contributed by atoms with Crippen LogP contribution in [0.3, 0.4) is 0 Å². The quantitative estimate of drug-likeness (QED) is 0.804. The summed E-state index contributed by atoms with van der Waals surface area (Å²) in [7, 11) is -3.79. The number of benzene rings is 1. The number of alkyl halides is 1. The van der Waals surface area contributed by atoms with E-state index in [9.17, 15) is 13.2 Å². The number of fused-ring (bicyclic) bond motifs is 1. The molecule has 18 heavy (non-hydrogen) atoms. The van der Waals surface area contributed by atoms with Crippen LogP contribution < -0.4 is 0 Å². The molecule has 7 heteroatoms. The van der Waals surface area contributed by atoms with E-state index in [0.29, 0.717) is 0 Å². The zero-order chi connectivity index (χ0) is 13.3. The minimum atomic E-state index is -3.79. The van der Waals surface area contributed by atoms with E-state index in [1.807, 2.05) is 0 Å². The van der Waals surface area contributed by atoms with Crippen LogP contribution in [0.4, 0.5) is 0 Å². The Morgan fingerprint density at radius 3 is 2.61 bits per heavy atom. The van der Waals surface area contributed by atoms with Crippen LogP contribution in [0.1, 0.15) is 10.4 Å². The van der Waals surface area contributed by atoms with Gasteiger partial charge in [-0.1, -0.05) is 29.8 Å². The second-order valence-corrected chi connectivity index (χ2v) is 6.24. The first-order valence-electron chi connectivity index (χ1n) is 5.05. The van der Waals surface area contributed by atoms with Crippen molar-refractivity contribution in [1.29, 1.82) is 0 Å². The Balaban J connectivity index is 2.43. The highest BCUT2D eigenvalue weighted by molar-refractivity contribution is 7.90. The van der Waals surface area contributed by atoms with Crippen LogP contribution in [-0.2, 0) is 10.0 Å². The Morgan fingerprint density at radius 1 is 1.33 bits per heavy atom. The predicted octanol–water partition coefficient (Wildman–Crippen LogP) is 2.19. The van der Waals surface area contributed by atoms with Gasteiger partial charge in [0.25, 0.3) is 15.9 Å². The van der Waals surface area contributed by atoms with Gasteiger partial charge in [0.15, 0.2) is 0 Å². The van der Waals surface area contributed by atoms with Crippen molar-refractivity contribution >= 4 is 39.1 Å². The summed E-state index contributed by atoms with van der Waals surface area (Å²) in [4.78, 5) is 12.0. The number of carbonyl (C=O) groups excluding carboxylic acids is 1. The van der Waals surface area contributed by atoms with E-state index in [0.717, 1.165) is 4.31 Å². The summed E-state index contributed by atoms with van der Waals surface area (Å²) >= 11 is 11.3. The van der Waals surface area contributed by atoms with E-state index < -0.39 is 15.9 Å². The number of sulfonamides is 1. The molecule has 0 radical (unpaired) electrons. The maximum absolute atomic E-state index is 12.1. The smallest absolute Gasteiger partial charge is 0.268 e. The summed E-state index contributed by atoms with van der Waals surface area (Å²) in [5.41, 5.74) is 0.174. The van der Waals surface area contributed by atoms with Gasteiger partial charge in [-0.25, -0.2) is 12.7 Å². The van der Waals surface area contributed by atoms with Crippen LogP contribution in [0.5, 0.6) is 0 Å². The molecule has 1 heterocycles. The lowest BCUT2D eigenvalue weighted by molar-refractivity contribution is 0.0880. The van der Waals surface area contributed by atoms with Gasteiger partial charge in [0.1, 0.15) is 4.90 Å². The number of nitrogens with zero attached hydrogens (tertiary/aromatic N) is 1. The summed E-state index contributed by atoms with van der Waals surface area (Å²) in [6.45, 7) is -0.190. The highest BCUT2D eigenvalue weighted by Crippen LogP contribution is 2.30. The molecule has 0 aromatic heterocycles. The average molecular weight is 306 g/mol. The maximum Gasteiger partial charge on any atom is 0.269 e. The van der Waals surface area contributed by atoms with Gasteiger partial charge in [0, 0.05) is 10.9 Å². The highest BCUT2D eigenvalue weighted by atomic mass is 35.5.